The molecule has 0 aliphatic carbocycles. The Balaban J connectivity index is 1.16. The van der Waals surface area contributed by atoms with Crippen LogP contribution in [-0.4, -0.2) is 6.85 Å². The summed E-state index contributed by atoms with van der Waals surface area (Å²) in [7, 11) is 0. The van der Waals surface area contributed by atoms with E-state index in [1.165, 1.54) is 113 Å². The van der Waals surface area contributed by atoms with Crippen molar-refractivity contribution in [2.24, 2.45) is 0 Å². The summed E-state index contributed by atoms with van der Waals surface area (Å²) in [5, 5.41) is 5.34. The Hall–Kier alpha value is -6.14. The van der Waals surface area contributed by atoms with Crippen LogP contribution in [0.5, 0.6) is 0 Å². The predicted octanol–water partition coefficient (Wildman–Crippen LogP) is 12.8. The van der Waals surface area contributed by atoms with E-state index in [2.05, 4.69) is 174 Å². The fraction of sp³-hybridized carbons (Fsp3) is 0. The summed E-state index contributed by atoms with van der Waals surface area (Å²) >= 11 is 3.86. The molecule has 0 saturated heterocycles. The molecule has 53 heavy (non-hydrogen) atoms. The fourth-order valence-corrected chi connectivity index (χ4v) is 12.2. The first-order valence-electron chi connectivity index (χ1n) is 18.2. The van der Waals surface area contributed by atoms with Gasteiger partial charge in [-0.2, -0.15) is 0 Å². The van der Waals surface area contributed by atoms with Crippen molar-refractivity contribution in [2.45, 2.75) is 0 Å². The van der Waals surface area contributed by atoms with Gasteiger partial charge in [-0.25, -0.2) is 0 Å². The van der Waals surface area contributed by atoms with E-state index in [1.807, 2.05) is 22.7 Å². The molecule has 5 heterocycles. The molecular weight excluding hydrogens is 679 g/mol. The molecule has 5 heteroatoms. The van der Waals surface area contributed by atoms with E-state index in [4.69, 9.17) is 0 Å². The molecule has 2 nitrogen and oxygen atoms in total. The van der Waals surface area contributed by atoms with Crippen LogP contribution in [0, 0.1) is 0 Å². The van der Waals surface area contributed by atoms with E-state index in [9.17, 15) is 0 Å². The molecule has 0 fully saturated rings. The quantitative estimate of drug-likeness (QED) is 0.165. The Morgan fingerprint density at radius 1 is 0.377 bits per heavy atom. The number of rotatable bonds is 2. The topological polar surface area (TPSA) is 6.48 Å². The molecule has 13 rings (SSSR count). The highest BCUT2D eigenvalue weighted by molar-refractivity contribution is 7.27. The van der Waals surface area contributed by atoms with Gasteiger partial charge in [-0.05, 0) is 81.7 Å². The molecule has 10 aromatic rings. The first kappa shape index (κ1) is 28.5. The van der Waals surface area contributed by atoms with Crippen LogP contribution in [0.1, 0.15) is 0 Å². The number of benzene rings is 8. The van der Waals surface area contributed by atoms with Gasteiger partial charge in [-0.3, -0.25) is 0 Å². The van der Waals surface area contributed by atoms with Crippen LogP contribution in [0.15, 0.2) is 164 Å². The molecule has 244 valence electrons. The van der Waals surface area contributed by atoms with Crippen molar-refractivity contribution in [1.29, 1.82) is 0 Å². The van der Waals surface area contributed by atoms with Crippen molar-refractivity contribution in [2.75, 3.05) is 9.71 Å². The van der Waals surface area contributed by atoms with Crippen molar-refractivity contribution < 1.29 is 0 Å². The molecule has 3 aliphatic heterocycles. The Kier molecular flexibility index (Phi) is 5.51. The normalized spacial score (nSPS) is 13.5. The molecule has 3 aliphatic rings. The number of hydrogen-bond acceptors (Lipinski definition) is 4. The lowest BCUT2D eigenvalue weighted by atomic mass is 9.41. The zero-order valence-corrected chi connectivity index (χ0v) is 30.0. The molecular formula is C48H27BN2S2. The molecule has 0 atom stereocenters. The van der Waals surface area contributed by atoms with Gasteiger partial charge in [0.05, 0.1) is 0 Å². The lowest BCUT2D eigenvalue weighted by Crippen LogP contribution is -2.63. The van der Waals surface area contributed by atoms with Crippen molar-refractivity contribution in [3.8, 4) is 33.4 Å². The summed E-state index contributed by atoms with van der Waals surface area (Å²) in [6, 6.07) is 61.2. The number of nitrogens with zero attached hydrogens (tertiary/aromatic N) is 2. The molecule has 0 N–H and O–H groups in total. The van der Waals surface area contributed by atoms with Gasteiger partial charge in [0.2, 0.25) is 0 Å². The lowest BCUT2D eigenvalue weighted by Gasteiger charge is -2.49. The minimum atomic E-state index is 0.0471. The van der Waals surface area contributed by atoms with E-state index in [0.29, 0.717) is 0 Å². The standard InChI is InChI=1S/C48H27BN2S2/c1-2-10-28(11-3-1)29-20-22-30(23-21-29)50-39-16-8-14-35-43-37(26-24-33-31-12-4-6-18-41(31)52-47(33)43)51-38-27-25-34-32-13-5-7-19-42(32)53-48(34)44(38)36-15-9-17-40(50)46(36)49(51)45(35)39/h1-27H. The highest BCUT2D eigenvalue weighted by atomic mass is 32.1. The van der Waals surface area contributed by atoms with Gasteiger partial charge in [-0.1, -0.05) is 115 Å². The van der Waals surface area contributed by atoms with E-state index in [1.54, 1.807) is 0 Å². The molecule has 8 aromatic carbocycles. The lowest BCUT2D eigenvalue weighted by molar-refractivity contribution is 1.27. The Labute approximate surface area is 314 Å². The third-order valence-electron chi connectivity index (χ3n) is 11.8. The van der Waals surface area contributed by atoms with Crippen LogP contribution in [0.2, 0.25) is 0 Å². The van der Waals surface area contributed by atoms with Crippen molar-refractivity contribution in [3.05, 3.63) is 164 Å². The van der Waals surface area contributed by atoms with Crippen LogP contribution in [0.4, 0.5) is 28.4 Å². The maximum Gasteiger partial charge on any atom is 0.333 e. The van der Waals surface area contributed by atoms with Gasteiger partial charge >= 0.3 is 6.85 Å². The van der Waals surface area contributed by atoms with E-state index >= 15 is 0 Å². The minimum absolute atomic E-state index is 0.0471. The summed E-state index contributed by atoms with van der Waals surface area (Å²) in [6.45, 7) is 0.0471. The number of thiophene rings is 2. The Morgan fingerprint density at radius 3 is 1.45 bits per heavy atom. The zero-order chi connectivity index (χ0) is 34.4. The van der Waals surface area contributed by atoms with Gasteiger partial charge < -0.3 is 9.71 Å². The van der Waals surface area contributed by atoms with Crippen LogP contribution in [-0.2, 0) is 0 Å². The van der Waals surface area contributed by atoms with E-state index in [-0.39, 0.29) is 6.85 Å². The summed E-state index contributed by atoms with van der Waals surface area (Å²) < 4.78 is 5.40. The monoisotopic (exact) mass is 706 g/mol. The van der Waals surface area contributed by atoms with Crippen LogP contribution >= 0.6 is 22.7 Å². The van der Waals surface area contributed by atoms with E-state index in [0.717, 1.165) is 0 Å². The number of anilines is 5. The van der Waals surface area contributed by atoms with Gasteiger partial charge in [-0.15, -0.1) is 22.7 Å². The van der Waals surface area contributed by atoms with Crippen LogP contribution in [0.25, 0.3) is 73.7 Å². The molecule has 0 unspecified atom stereocenters. The maximum absolute atomic E-state index is 2.70. The summed E-state index contributed by atoms with van der Waals surface area (Å²) in [5.74, 6) is 0. The predicted molar refractivity (Wildman–Crippen MR) is 230 cm³/mol. The van der Waals surface area contributed by atoms with Crippen molar-refractivity contribution in [1.82, 2.24) is 0 Å². The highest BCUT2D eigenvalue weighted by Crippen LogP contribution is 2.56. The highest BCUT2D eigenvalue weighted by Gasteiger charge is 2.49. The maximum atomic E-state index is 2.70. The second kappa shape index (κ2) is 10.3. The van der Waals surface area contributed by atoms with Crippen molar-refractivity contribution in [3.63, 3.8) is 0 Å². The van der Waals surface area contributed by atoms with Gasteiger partial charge in [0.15, 0.2) is 0 Å². The number of hydrogen-bond donors (Lipinski definition) is 0. The van der Waals surface area contributed by atoms with Crippen molar-refractivity contribution >= 4 is 109 Å². The minimum Gasteiger partial charge on any atom is -0.376 e. The molecule has 0 bridgehead atoms. The first-order chi connectivity index (χ1) is 26.3. The second-order valence-electron chi connectivity index (χ2n) is 14.4. The average molecular weight is 707 g/mol. The molecule has 2 aromatic heterocycles. The molecule has 0 radical (unpaired) electrons. The molecule has 0 spiro atoms. The smallest absolute Gasteiger partial charge is 0.333 e. The van der Waals surface area contributed by atoms with Gasteiger partial charge in [0, 0.05) is 79.9 Å². The number of fused-ring (bicyclic) bond motifs is 14. The largest absolute Gasteiger partial charge is 0.376 e. The third kappa shape index (κ3) is 3.63. The first-order valence-corrected chi connectivity index (χ1v) is 19.8. The second-order valence-corrected chi connectivity index (χ2v) is 16.5. The summed E-state index contributed by atoms with van der Waals surface area (Å²) in [4.78, 5) is 5.24. The van der Waals surface area contributed by atoms with Crippen LogP contribution in [0.3, 0.4) is 0 Å². The third-order valence-corrected chi connectivity index (χ3v) is 14.2. The van der Waals surface area contributed by atoms with Crippen LogP contribution < -0.4 is 20.6 Å². The zero-order valence-electron chi connectivity index (χ0n) is 28.4. The Morgan fingerprint density at radius 2 is 0.887 bits per heavy atom. The van der Waals surface area contributed by atoms with E-state index < -0.39 is 0 Å². The molecule has 0 amide bonds. The summed E-state index contributed by atoms with van der Waals surface area (Å²) in [6.07, 6.45) is 0. The SMILES string of the molecule is c1ccc(-c2ccc(N3c4cccc5c4B4c6c(cccc63)-c3c(ccc6c3sc3ccccc36)N4c3ccc4c(sc6ccccc64)c3-5)cc2)cc1. The average Bonchev–Trinajstić information content (AvgIpc) is 3.80. The summed E-state index contributed by atoms with van der Waals surface area (Å²) in [5.41, 5.74) is 16.9. The Bertz CT molecular complexity index is 3020. The molecule has 0 saturated carbocycles. The van der Waals surface area contributed by atoms with Gasteiger partial charge in [0.1, 0.15) is 0 Å². The van der Waals surface area contributed by atoms with Gasteiger partial charge in [0.25, 0.3) is 0 Å². The fourth-order valence-electron chi connectivity index (χ4n) is 9.64.